The molecule has 2 aliphatic heterocycles. The van der Waals surface area contributed by atoms with Crippen LogP contribution in [0.2, 0.25) is 0 Å². The van der Waals surface area contributed by atoms with Crippen molar-refractivity contribution in [2.24, 2.45) is 7.05 Å². The third kappa shape index (κ3) is 6.92. The van der Waals surface area contributed by atoms with Crippen LogP contribution in [0.3, 0.4) is 0 Å². The predicted molar refractivity (Wildman–Crippen MR) is 229 cm³/mol. The first-order valence-corrected chi connectivity index (χ1v) is 23.1. The van der Waals surface area contributed by atoms with Crippen LogP contribution in [0, 0.1) is 0 Å². The van der Waals surface area contributed by atoms with Crippen LogP contribution in [-0.4, -0.2) is 94.8 Å². The summed E-state index contributed by atoms with van der Waals surface area (Å²) in [7, 11) is -6.10. The monoisotopic (exact) mass is 830 g/mol. The SMILES string of the molecule is Cn1cc([C@@H](CNS(=O)(=O)c2cc(-c3cc(S(=O)(=O)NC[C@@H](c4cnc5ccccn45)N4CCCC4)cc4[nH]ccc34)c3cc[nH]c3c2)N2CCCC2)c2cnccc21. The van der Waals surface area contributed by atoms with Gasteiger partial charge in [-0.15, -0.1) is 0 Å². The average molecular weight is 831 g/mol. The van der Waals surface area contributed by atoms with Crippen LogP contribution < -0.4 is 9.44 Å². The van der Waals surface area contributed by atoms with Gasteiger partial charge in [0.05, 0.1) is 39.3 Å². The number of sulfonamides is 2. The molecule has 0 bridgehead atoms. The molecule has 8 aromatic rings. The summed E-state index contributed by atoms with van der Waals surface area (Å²) in [5.41, 5.74) is 6.24. The molecule has 304 valence electrons. The molecule has 2 fully saturated rings. The number of nitrogens with zero attached hydrogens (tertiary/aromatic N) is 6. The van der Waals surface area contributed by atoms with E-state index in [0.29, 0.717) is 22.2 Å². The number of aromatic amines is 2. The number of aryl methyl sites for hydroxylation is 1. The first-order valence-electron chi connectivity index (χ1n) is 20.2. The average Bonchev–Trinajstić information content (AvgIpc) is 4.10. The van der Waals surface area contributed by atoms with E-state index in [1.807, 2.05) is 66.4 Å². The van der Waals surface area contributed by atoms with Gasteiger partial charge in [0.2, 0.25) is 20.0 Å². The Bertz CT molecular complexity index is 3060. The number of aromatic nitrogens is 6. The summed E-state index contributed by atoms with van der Waals surface area (Å²) in [4.78, 5) is 20.2. The number of nitrogens with one attached hydrogen (secondary N) is 4. The fourth-order valence-electron chi connectivity index (χ4n) is 9.27. The Balaban J connectivity index is 0.986. The molecule has 14 nitrogen and oxygen atoms in total. The summed E-state index contributed by atoms with van der Waals surface area (Å²) in [6, 6.07) is 17.7. The van der Waals surface area contributed by atoms with Gasteiger partial charge >= 0.3 is 0 Å². The number of hydrogen-bond acceptors (Lipinski definition) is 8. The van der Waals surface area contributed by atoms with Gasteiger partial charge in [-0.1, -0.05) is 6.07 Å². The van der Waals surface area contributed by atoms with Crippen molar-refractivity contribution in [1.82, 2.24) is 48.1 Å². The van der Waals surface area contributed by atoms with Crippen molar-refractivity contribution in [2.75, 3.05) is 39.3 Å². The summed E-state index contributed by atoms with van der Waals surface area (Å²) in [5, 5.41) is 2.55. The predicted octanol–water partition coefficient (Wildman–Crippen LogP) is 6.08. The number of H-pyrrole nitrogens is 2. The molecule has 2 saturated heterocycles. The molecule has 6 aromatic heterocycles. The standard InChI is InChI=1S/C43H46N10O4S2/c1-50-28-36(35-24-44-12-11-39(35)50)40(51-15-4-5-16-51)26-48-58(54,55)29-20-33(31-9-13-45-37(31)22-29)34-21-30(23-38-32(34)10-14-46-38)59(56,57)49-27-41(52-17-6-7-18-52)42-25-47-43-8-2-3-19-53(42)43/h2-3,8-14,19-25,28,40-41,45-46,48-49H,4-7,15-18,26-27H2,1H3/t40-,41+/m1/s1. The molecular formula is C43H46N10O4S2. The quantitative estimate of drug-likeness (QED) is 0.109. The maximum Gasteiger partial charge on any atom is 0.240 e. The molecule has 10 rings (SSSR count). The summed E-state index contributed by atoms with van der Waals surface area (Å²) in [5.74, 6) is 0. The van der Waals surface area contributed by atoms with E-state index in [-0.39, 0.29) is 35.0 Å². The van der Waals surface area contributed by atoms with Crippen molar-refractivity contribution in [2.45, 2.75) is 47.6 Å². The van der Waals surface area contributed by atoms with E-state index in [2.05, 4.69) is 49.9 Å². The highest BCUT2D eigenvalue weighted by Gasteiger charge is 2.31. The van der Waals surface area contributed by atoms with Gasteiger partial charge in [-0.25, -0.2) is 31.3 Å². The van der Waals surface area contributed by atoms with Crippen molar-refractivity contribution >= 4 is 58.4 Å². The second-order valence-electron chi connectivity index (χ2n) is 15.7. The van der Waals surface area contributed by atoms with Gasteiger partial charge in [-0.2, -0.15) is 0 Å². The summed E-state index contributed by atoms with van der Waals surface area (Å²) in [6.07, 6.45) is 17.2. The van der Waals surface area contributed by atoms with Crippen LogP contribution >= 0.6 is 0 Å². The second kappa shape index (κ2) is 15.0. The van der Waals surface area contributed by atoms with Crippen LogP contribution in [0.5, 0.6) is 0 Å². The lowest BCUT2D eigenvalue weighted by Crippen LogP contribution is -2.37. The molecule has 4 N–H and O–H groups in total. The Morgan fingerprint density at radius 3 is 1.93 bits per heavy atom. The molecule has 2 aliphatic rings. The minimum absolute atomic E-state index is 0.0777. The van der Waals surface area contributed by atoms with Gasteiger partial charge < -0.3 is 18.9 Å². The lowest BCUT2D eigenvalue weighted by atomic mass is 9.98. The van der Waals surface area contributed by atoms with Crippen molar-refractivity contribution < 1.29 is 16.8 Å². The van der Waals surface area contributed by atoms with Crippen molar-refractivity contribution in [3.8, 4) is 11.1 Å². The van der Waals surface area contributed by atoms with Crippen LogP contribution in [0.4, 0.5) is 0 Å². The van der Waals surface area contributed by atoms with Gasteiger partial charge in [-0.05, 0) is 123 Å². The first-order chi connectivity index (χ1) is 28.6. The molecule has 16 heteroatoms. The minimum Gasteiger partial charge on any atom is -0.361 e. The fourth-order valence-corrected chi connectivity index (χ4v) is 11.5. The molecule has 8 heterocycles. The van der Waals surface area contributed by atoms with E-state index in [1.165, 1.54) is 0 Å². The molecule has 2 aromatic carbocycles. The summed E-state index contributed by atoms with van der Waals surface area (Å²) >= 11 is 0. The molecule has 0 aliphatic carbocycles. The first kappa shape index (κ1) is 37.9. The van der Waals surface area contributed by atoms with Gasteiger partial charge in [0.15, 0.2) is 0 Å². The molecule has 0 spiro atoms. The molecule has 0 unspecified atom stereocenters. The van der Waals surface area contributed by atoms with E-state index < -0.39 is 20.0 Å². The molecular weight excluding hydrogens is 785 g/mol. The topological polar surface area (TPSA) is 166 Å². The number of pyridine rings is 2. The van der Waals surface area contributed by atoms with E-state index in [9.17, 15) is 16.8 Å². The molecule has 0 saturated carbocycles. The maximum atomic E-state index is 14.4. The smallest absolute Gasteiger partial charge is 0.240 e. The largest absolute Gasteiger partial charge is 0.361 e. The van der Waals surface area contributed by atoms with E-state index in [1.54, 1.807) is 42.9 Å². The van der Waals surface area contributed by atoms with Gasteiger partial charge in [0.25, 0.3) is 0 Å². The number of imidazole rings is 1. The highest BCUT2D eigenvalue weighted by atomic mass is 32.2. The zero-order chi connectivity index (χ0) is 40.3. The Kier molecular flexibility index (Phi) is 9.65. The zero-order valence-electron chi connectivity index (χ0n) is 32.7. The van der Waals surface area contributed by atoms with Crippen molar-refractivity contribution in [1.29, 1.82) is 0 Å². The fraction of sp³-hybridized carbons (Fsp3) is 0.302. The second-order valence-corrected chi connectivity index (χ2v) is 19.3. The Hall–Kier alpha value is -5.36. The Morgan fingerprint density at radius 2 is 1.31 bits per heavy atom. The Morgan fingerprint density at radius 1 is 0.712 bits per heavy atom. The number of rotatable bonds is 13. The normalized spacial score (nSPS) is 17.0. The van der Waals surface area contributed by atoms with E-state index >= 15 is 0 Å². The molecule has 2 atom stereocenters. The van der Waals surface area contributed by atoms with E-state index in [0.717, 1.165) is 90.4 Å². The van der Waals surface area contributed by atoms with Crippen LogP contribution in [0.25, 0.3) is 49.5 Å². The van der Waals surface area contributed by atoms with Crippen LogP contribution in [-0.2, 0) is 27.1 Å². The van der Waals surface area contributed by atoms with Gasteiger partial charge in [0.1, 0.15) is 5.65 Å². The third-order valence-electron chi connectivity index (χ3n) is 12.3. The molecule has 0 radical (unpaired) electrons. The molecule has 0 amide bonds. The number of hydrogen-bond donors (Lipinski definition) is 4. The number of likely N-dealkylation sites (tertiary alicyclic amines) is 2. The minimum atomic E-state index is -4.05. The van der Waals surface area contributed by atoms with Crippen LogP contribution in [0.15, 0.2) is 114 Å². The number of fused-ring (bicyclic) bond motifs is 4. The zero-order valence-corrected chi connectivity index (χ0v) is 34.3. The lowest BCUT2D eigenvalue weighted by molar-refractivity contribution is 0.241. The highest BCUT2D eigenvalue weighted by Crippen LogP contribution is 2.38. The third-order valence-corrected chi connectivity index (χ3v) is 15.1. The van der Waals surface area contributed by atoms with Crippen molar-refractivity contribution in [3.63, 3.8) is 0 Å². The lowest BCUT2D eigenvalue weighted by Gasteiger charge is -2.27. The maximum absolute atomic E-state index is 14.4. The summed E-state index contributed by atoms with van der Waals surface area (Å²) in [6.45, 7) is 3.81. The van der Waals surface area contributed by atoms with E-state index in [4.69, 9.17) is 0 Å². The Labute approximate surface area is 342 Å². The number of benzene rings is 2. The highest BCUT2D eigenvalue weighted by molar-refractivity contribution is 7.89. The van der Waals surface area contributed by atoms with Crippen molar-refractivity contribution in [3.05, 3.63) is 115 Å². The molecule has 59 heavy (non-hydrogen) atoms. The van der Waals surface area contributed by atoms with Gasteiger partial charge in [-0.3, -0.25) is 14.8 Å². The van der Waals surface area contributed by atoms with Gasteiger partial charge in [0, 0.05) is 84.5 Å². The summed E-state index contributed by atoms with van der Waals surface area (Å²) < 4.78 is 67.5. The van der Waals surface area contributed by atoms with Crippen LogP contribution in [0.1, 0.15) is 49.0 Å².